The average Bonchev–Trinajstić information content (AvgIpc) is 1.94. The first-order chi connectivity index (χ1) is 4.74. The number of allylic oxidation sites excluding steroid dienone is 2. The van der Waals surface area contributed by atoms with Crippen LogP contribution < -0.4 is 0 Å². The summed E-state index contributed by atoms with van der Waals surface area (Å²) in [5.74, 6) is 0. The number of alkyl halides is 2. The van der Waals surface area contributed by atoms with E-state index in [1.54, 1.807) is 11.1 Å². The lowest BCUT2D eigenvalue weighted by Gasteiger charge is -2.20. The Kier molecular flexibility index (Phi) is 3.98. The molecule has 0 aliphatic heterocycles. The molecule has 1 aliphatic rings. The maximum atomic E-state index is 2.57. The molecule has 0 N–H and O–H groups in total. The molecular weight excluding hydrogens is 350 g/mol. The van der Waals surface area contributed by atoms with Crippen LogP contribution in [0.5, 0.6) is 0 Å². The molecule has 2 heteroatoms. The van der Waals surface area contributed by atoms with Gasteiger partial charge in [-0.3, -0.25) is 0 Å². The van der Waals surface area contributed by atoms with Gasteiger partial charge in [0.2, 0.25) is 0 Å². The molecule has 0 aromatic rings. The van der Waals surface area contributed by atoms with Crippen LogP contribution in [0, 0.1) is 0 Å². The monoisotopic (exact) mass is 362 g/mol. The van der Waals surface area contributed by atoms with Gasteiger partial charge in [0.05, 0.1) is 0 Å². The van der Waals surface area contributed by atoms with Gasteiger partial charge in [0, 0.05) is 8.35 Å². The summed E-state index contributed by atoms with van der Waals surface area (Å²) < 4.78 is 2.15. The van der Waals surface area contributed by atoms with Crippen molar-refractivity contribution in [3.05, 3.63) is 11.1 Å². The first-order valence-electron chi connectivity index (χ1n) is 3.61. The van der Waals surface area contributed by atoms with Crippen molar-refractivity contribution in [1.29, 1.82) is 0 Å². The Morgan fingerprint density at radius 1 is 1.60 bits per heavy atom. The molecule has 0 radical (unpaired) electrons. The highest BCUT2D eigenvalue weighted by Gasteiger charge is 2.14. The Labute approximate surface area is 90.1 Å². The van der Waals surface area contributed by atoms with Crippen LogP contribution in [0.3, 0.4) is 0 Å². The van der Waals surface area contributed by atoms with Crippen molar-refractivity contribution in [3.8, 4) is 0 Å². The molecule has 0 aromatic heterocycles. The molecule has 10 heavy (non-hydrogen) atoms. The minimum absolute atomic E-state index is 0.908. The van der Waals surface area contributed by atoms with E-state index in [1.807, 2.05) is 0 Å². The predicted octanol–water partition coefficient (Wildman–Crippen LogP) is 3.73. The highest BCUT2D eigenvalue weighted by atomic mass is 127. The van der Waals surface area contributed by atoms with Crippen molar-refractivity contribution in [3.63, 3.8) is 0 Å². The molecule has 0 fully saturated rings. The van der Waals surface area contributed by atoms with Crippen LogP contribution in [0.2, 0.25) is 0 Å². The third kappa shape index (κ3) is 2.36. The van der Waals surface area contributed by atoms with Gasteiger partial charge in [0.1, 0.15) is 0 Å². The van der Waals surface area contributed by atoms with Crippen molar-refractivity contribution < 1.29 is 0 Å². The van der Waals surface area contributed by atoms with E-state index in [2.05, 4.69) is 52.1 Å². The number of halogens is 2. The zero-order chi connectivity index (χ0) is 7.56. The quantitative estimate of drug-likeness (QED) is 0.379. The second-order valence-electron chi connectivity index (χ2n) is 2.86. The Hall–Kier alpha value is 1.20. The predicted molar refractivity (Wildman–Crippen MR) is 63.2 cm³/mol. The number of hydrogen-bond donors (Lipinski definition) is 0. The SMILES string of the molecule is CC1=C(CI)CC(I)CC1. The molecule has 1 aliphatic carbocycles. The summed E-state index contributed by atoms with van der Waals surface area (Å²) in [7, 11) is 0. The van der Waals surface area contributed by atoms with E-state index in [0.717, 1.165) is 3.92 Å². The Morgan fingerprint density at radius 3 is 2.80 bits per heavy atom. The molecule has 58 valence electrons. The van der Waals surface area contributed by atoms with Crippen LogP contribution in [0.1, 0.15) is 26.2 Å². The fraction of sp³-hybridized carbons (Fsp3) is 0.750. The maximum absolute atomic E-state index is 2.57. The van der Waals surface area contributed by atoms with E-state index in [0.29, 0.717) is 0 Å². The van der Waals surface area contributed by atoms with Crippen molar-refractivity contribution in [2.24, 2.45) is 0 Å². The van der Waals surface area contributed by atoms with E-state index in [4.69, 9.17) is 0 Å². The lowest BCUT2D eigenvalue weighted by Crippen LogP contribution is -2.08. The van der Waals surface area contributed by atoms with E-state index in [9.17, 15) is 0 Å². The van der Waals surface area contributed by atoms with Gasteiger partial charge in [0.25, 0.3) is 0 Å². The van der Waals surface area contributed by atoms with Crippen molar-refractivity contribution in [1.82, 2.24) is 0 Å². The Morgan fingerprint density at radius 2 is 2.30 bits per heavy atom. The number of hydrogen-bond acceptors (Lipinski definition) is 0. The second-order valence-corrected chi connectivity index (χ2v) is 5.38. The zero-order valence-corrected chi connectivity index (χ0v) is 10.5. The van der Waals surface area contributed by atoms with Crippen molar-refractivity contribution in [2.75, 3.05) is 4.43 Å². The largest absolute Gasteiger partial charge is 0.0823 e. The summed E-state index contributed by atoms with van der Waals surface area (Å²) in [5, 5.41) is 0. The first kappa shape index (κ1) is 9.29. The fourth-order valence-corrected chi connectivity index (χ4v) is 3.07. The lowest BCUT2D eigenvalue weighted by atomic mass is 9.94. The smallest absolute Gasteiger partial charge is 0.0208 e. The summed E-state index contributed by atoms with van der Waals surface area (Å²) in [5.41, 5.74) is 3.36. The van der Waals surface area contributed by atoms with Crippen LogP contribution >= 0.6 is 45.2 Å². The van der Waals surface area contributed by atoms with Gasteiger partial charge in [-0.1, -0.05) is 56.3 Å². The molecule has 1 atom stereocenters. The lowest BCUT2D eigenvalue weighted by molar-refractivity contribution is 0.711. The second kappa shape index (κ2) is 4.28. The normalized spacial score (nSPS) is 27.3. The van der Waals surface area contributed by atoms with Gasteiger partial charge >= 0.3 is 0 Å². The van der Waals surface area contributed by atoms with Gasteiger partial charge in [-0.2, -0.15) is 0 Å². The molecule has 1 unspecified atom stereocenters. The minimum atomic E-state index is 0.908. The minimum Gasteiger partial charge on any atom is -0.0823 e. The van der Waals surface area contributed by atoms with Gasteiger partial charge < -0.3 is 0 Å². The maximum Gasteiger partial charge on any atom is 0.0208 e. The Balaban J connectivity index is 2.62. The van der Waals surface area contributed by atoms with Gasteiger partial charge in [-0.25, -0.2) is 0 Å². The average molecular weight is 362 g/mol. The first-order valence-corrected chi connectivity index (χ1v) is 6.38. The molecule has 1 rings (SSSR count). The molecule has 0 saturated carbocycles. The zero-order valence-electron chi connectivity index (χ0n) is 6.16. The third-order valence-electron chi connectivity index (χ3n) is 2.07. The van der Waals surface area contributed by atoms with E-state index < -0.39 is 0 Å². The topological polar surface area (TPSA) is 0 Å². The van der Waals surface area contributed by atoms with Gasteiger partial charge in [0.15, 0.2) is 0 Å². The molecule has 0 amide bonds. The summed E-state index contributed by atoms with van der Waals surface area (Å²) in [6.45, 7) is 2.29. The van der Waals surface area contributed by atoms with E-state index in [-0.39, 0.29) is 0 Å². The summed E-state index contributed by atoms with van der Waals surface area (Å²) in [4.78, 5) is 0. The van der Waals surface area contributed by atoms with Gasteiger partial charge in [-0.05, 0) is 26.2 Å². The summed E-state index contributed by atoms with van der Waals surface area (Å²) >= 11 is 5.04. The van der Waals surface area contributed by atoms with Crippen LogP contribution in [0.15, 0.2) is 11.1 Å². The molecule has 0 heterocycles. The summed E-state index contributed by atoms with van der Waals surface area (Å²) in [6, 6.07) is 0. The molecule has 0 saturated heterocycles. The van der Waals surface area contributed by atoms with E-state index in [1.165, 1.54) is 23.7 Å². The van der Waals surface area contributed by atoms with Crippen LogP contribution in [0.25, 0.3) is 0 Å². The highest BCUT2D eigenvalue weighted by molar-refractivity contribution is 14.1. The molecule has 0 nitrogen and oxygen atoms in total. The van der Waals surface area contributed by atoms with E-state index >= 15 is 0 Å². The third-order valence-corrected chi connectivity index (χ3v) is 4.05. The van der Waals surface area contributed by atoms with Crippen LogP contribution in [-0.4, -0.2) is 8.35 Å². The summed E-state index contributed by atoms with van der Waals surface area (Å²) in [6.07, 6.45) is 4.08. The van der Waals surface area contributed by atoms with Crippen LogP contribution in [-0.2, 0) is 0 Å². The number of rotatable bonds is 1. The van der Waals surface area contributed by atoms with Crippen LogP contribution in [0.4, 0.5) is 0 Å². The van der Waals surface area contributed by atoms with Crippen molar-refractivity contribution in [2.45, 2.75) is 30.1 Å². The van der Waals surface area contributed by atoms with Crippen molar-refractivity contribution >= 4 is 45.2 Å². The van der Waals surface area contributed by atoms with Gasteiger partial charge in [-0.15, -0.1) is 0 Å². The molecule has 0 bridgehead atoms. The highest BCUT2D eigenvalue weighted by Crippen LogP contribution is 2.30. The standard InChI is InChI=1S/C8H12I2/c1-6-2-3-8(10)4-7(6)5-9/h8H,2-5H2,1H3. The molecule has 0 aromatic carbocycles. The fourth-order valence-electron chi connectivity index (χ4n) is 1.26. The molecular formula is C8H12I2. The Bertz CT molecular complexity index is 149. The molecule has 0 spiro atoms.